The van der Waals surface area contributed by atoms with Gasteiger partial charge in [0.25, 0.3) is 0 Å². The molecule has 0 saturated carbocycles. The monoisotopic (exact) mass is 246 g/mol. The molecule has 0 amide bonds. The summed E-state index contributed by atoms with van der Waals surface area (Å²) in [6.45, 7) is 8.46. The number of hydrogen-bond donors (Lipinski definition) is 1. The molecular weight excluding hydrogens is 224 g/mol. The number of para-hydroxylation sites is 1. The molecule has 18 heavy (non-hydrogen) atoms. The van der Waals surface area contributed by atoms with Crippen LogP contribution in [0, 0.1) is 0 Å². The molecule has 3 heteroatoms. The van der Waals surface area contributed by atoms with E-state index in [1.165, 1.54) is 22.0 Å². The van der Waals surface area contributed by atoms with Crippen LogP contribution in [0.25, 0.3) is 10.9 Å². The van der Waals surface area contributed by atoms with Crippen molar-refractivity contribution < 1.29 is 4.74 Å². The summed E-state index contributed by atoms with van der Waals surface area (Å²) >= 11 is 0. The van der Waals surface area contributed by atoms with Crippen molar-refractivity contribution in [1.82, 2.24) is 4.57 Å². The minimum absolute atomic E-state index is 0.253. The molecule has 3 nitrogen and oxygen atoms in total. The fraction of sp³-hybridized carbons (Fsp3) is 0.467. The minimum atomic E-state index is 0.253. The van der Waals surface area contributed by atoms with Gasteiger partial charge < -0.3 is 15.0 Å². The molecule has 0 radical (unpaired) electrons. The Bertz CT molecular complexity index is 529. The second kappa shape index (κ2) is 5.55. The van der Waals surface area contributed by atoms with Crippen LogP contribution in [-0.2, 0) is 24.4 Å². The zero-order valence-corrected chi connectivity index (χ0v) is 11.4. The molecule has 1 heterocycles. The lowest BCUT2D eigenvalue weighted by molar-refractivity contribution is 0.0663. The van der Waals surface area contributed by atoms with E-state index in [-0.39, 0.29) is 6.10 Å². The van der Waals surface area contributed by atoms with Gasteiger partial charge in [-0.1, -0.05) is 18.2 Å². The van der Waals surface area contributed by atoms with Crippen molar-refractivity contribution in [2.75, 3.05) is 0 Å². The number of nitrogens with zero attached hydrogens (tertiary/aromatic N) is 1. The molecule has 0 bridgehead atoms. The molecule has 0 spiro atoms. The van der Waals surface area contributed by atoms with Crippen LogP contribution in [0.4, 0.5) is 0 Å². The van der Waals surface area contributed by atoms with Crippen molar-refractivity contribution in [2.24, 2.45) is 5.73 Å². The molecule has 2 rings (SSSR count). The third-order valence-electron chi connectivity index (χ3n) is 3.20. The maximum absolute atomic E-state index is 5.83. The predicted octanol–water partition coefficient (Wildman–Crippen LogP) is 3.04. The van der Waals surface area contributed by atoms with E-state index >= 15 is 0 Å². The van der Waals surface area contributed by atoms with E-state index < -0.39 is 0 Å². The van der Waals surface area contributed by atoms with Gasteiger partial charge in [0.15, 0.2) is 0 Å². The first-order valence-corrected chi connectivity index (χ1v) is 6.58. The van der Waals surface area contributed by atoms with Crippen LogP contribution in [0.1, 0.15) is 31.9 Å². The topological polar surface area (TPSA) is 40.2 Å². The molecule has 1 aromatic carbocycles. The maximum Gasteiger partial charge on any atom is 0.0741 e. The number of hydrogen-bond acceptors (Lipinski definition) is 2. The van der Waals surface area contributed by atoms with Crippen LogP contribution < -0.4 is 5.73 Å². The largest absolute Gasteiger partial charge is 0.374 e. The van der Waals surface area contributed by atoms with Gasteiger partial charge in [-0.2, -0.15) is 0 Å². The fourth-order valence-electron chi connectivity index (χ4n) is 2.30. The molecule has 0 fully saturated rings. The molecule has 2 aromatic rings. The molecule has 0 aliphatic heterocycles. The van der Waals surface area contributed by atoms with E-state index in [0.717, 1.165) is 6.54 Å². The molecule has 0 saturated heterocycles. The lowest BCUT2D eigenvalue weighted by Crippen LogP contribution is -2.01. The zero-order valence-electron chi connectivity index (χ0n) is 11.4. The SMILES string of the molecule is CCn1cc(COC(C)C)c2cccc(CN)c21. The van der Waals surface area contributed by atoms with Gasteiger partial charge in [0.2, 0.25) is 0 Å². The highest BCUT2D eigenvalue weighted by atomic mass is 16.5. The Labute approximate surface area is 109 Å². The van der Waals surface area contributed by atoms with Crippen molar-refractivity contribution in [2.45, 2.75) is 46.6 Å². The normalized spacial score (nSPS) is 11.6. The van der Waals surface area contributed by atoms with Gasteiger partial charge in [-0.05, 0) is 26.3 Å². The van der Waals surface area contributed by atoms with Crippen LogP contribution >= 0.6 is 0 Å². The van der Waals surface area contributed by atoms with Crippen molar-refractivity contribution in [3.8, 4) is 0 Å². The zero-order chi connectivity index (χ0) is 13.1. The van der Waals surface area contributed by atoms with Gasteiger partial charge in [-0.15, -0.1) is 0 Å². The summed E-state index contributed by atoms with van der Waals surface area (Å²) in [5, 5.41) is 1.26. The quantitative estimate of drug-likeness (QED) is 0.880. The van der Waals surface area contributed by atoms with Gasteiger partial charge in [-0.25, -0.2) is 0 Å². The molecule has 0 unspecified atom stereocenters. The number of ether oxygens (including phenoxy) is 1. The fourth-order valence-corrected chi connectivity index (χ4v) is 2.30. The summed E-state index contributed by atoms with van der Waals surface area (Å²) in [5.41, 5.74) is 9.53. The predicted molar refractivity (Wildman–Crippen MR) is 75.4 cm³/mol. The van der Waals surface area contributed by atoms with Crippen LogP contribution in [-0.4, -0.2) is 10.7 Å². The Morgan fingerprint density at radius 3 is 2.67 bits per heavy atom. The number of fused-ring (bicyclic) bond motifs is 1. The van der Waals surface area contributed by atoms with Gasteiger partial charge in [-0.3, -0.25) is 0 Å². The van der Waals surface area contributed by atoms with E-state index in [1.807, 2.05) is 0 Å². The first-order valence-electron chi connectivity index (χ1n) is 6.58. The summed E-state index contributed by atoms with van der Waals surface area (Å²) in [7, 11) is 0. The highest BCUT2D eigenvalue weighted by Gasteiger charge is 2.11. The summed E-state index contributed by atoms with van der Waals surface area (Å²) in [4.78, 5) is 0. The Kier molecular flexibility index (Phi) is 4.04. The summed E-state index contributed by atoms with van der Waals surface area (Å²) in [6.07, 6.45) is 2.44. The Hall–Kier alpha value is -1.32. The number of rotatable bonds is 5. The molecule has 0 atom stereocenters. The highest BCUT2D eigenvalue weighted by Crippen LogP contribution is 2.25. The van der Waals surface area contributed by atoms with E-state index in [2.05, 4.69) is 49.7 Å². The minimum Gasteiger partial charge on any atom is -0.374 e. The highest BCUT2D eigenvalue weighted by molar-refractivity contribution is 5.86. The van der Waals surface area contributed by atoms with Crippen LogP contribution in [0.15, 0.2) is 24.4 Å². The van der Waals surface area contributed by atoms with E-state index in [9.17, 15) is 0 Å². The maximum atomic E-state index is 5.83. The Balaban J connectivity index is 2.48. The summed E-state index contributed by atoms with van der Waals surface area (Å²) in [5.74, 6) is 0. The summed E-state index contributed by atoms with van der Waals surface area (Å²) < 4.78 is 7.98. The number of nitrogens with two attached hydrogens (primary N) is 1. The lowest BCUT2D eigenvalue weighted by Gasteiger charge is -2.06. The smallest absolute Gasteiger partial charge is 0.0741 e. The molecular formula is C15H22N2O. The number of aromatic nitrogens is 1. The molecule has 2 N–H and O–H groups in total. The molecule has 1 aromatic heterocycles. The number of benzene rings is 1. The van der Waals surface area contributed by atoms with Crippen LogP contribution in [0.5, 0.6) is 0 Å². The van der Waals surface area contributed by atoms with Crippen LogP contribution in [0.2, 0.25) is 0 Å². The first kappa shape index (κ1) is 13.1. The average Bonchev–Trinajstić information content (AvgIpc) is 2.74. The Morgan fingerprint density at radius 2 is 2.06 bits per heavy atom. The van der Waals surface area contributed by atoms with E-state index in [1.54, 1.807) is 0 Å². The van der Waals surface area contributed by atoms with Crippen molar-refractivity contribution in [1.29, 1.82) is 0 Å². The molecule has 98 valence electrons. The standard InChI is InChI=1S/C15H22N2O/c1-4-17-9-13(10-18-11(2)3)14-7-5-6-12(8-16)15(14)17/h5-7,9,11H,4,8,10,16H2,1-3H3. The molecule has 0 aliphatic carbocycles. The third kappa shape index (κ3) is 2.42. The number of aryl methyl sites for hydroxylation is 1. The third-order valence-corrected chi connectivity index (χ3v) is 3.20. The second-order valence-corrected chi connectivity index (χ2v) is 4.82. The van der Waals surface area contributed by atoms with Gasteiger partial charge in [0.1, 0.15) is 0 Å². The first-order chi connectivity index (χ1) is 8.67. The lowest BCUT2D eigenvalue weighted by atomic mass is 10.1. The van der Waals surface area contributed by atoms with Gasteiger partial charge >= 0.3 is 0 Å². The molecule has 0 aliphatic rings. The summed E-state index contributed by atoms with van der Waals surface area (Å²) in [6, 6.07) is 6.32. The van der Waals surface area contributed by atoms with Crippen molar-refractivity contribution in [3.05, 3.63) is 35.5 Å². The Morgan fingerprint density at radius 1 is 1.28 bits per heavy atom. The van der Waals surface area contributed by atoms with E-state index in [0.29, 0.717) is 13.2 Å². The van der Waals surface area contributed by atoms with E-state index in [4.69, 9.17) is 10.5 Å². The van der Waals surface area contributed by atoms with Crippen LogP contribution in [0.3, 0.4) is 0 Å². The second-order valence-electron chi connectivity index (χ2n) is 4.82. The average molecular weight is 246 g/mol. The van der Waals surface area contributed by atoms with Gasteiger partial charge in [0.05, 0.1) is 18.2 Å². The van der Waals surface area contributed by atoms with Crippen molar-refractivity contribution in [3.63, 3.8) is 0 Å². The van der Waals surface area contributed by atoms with Gasteiger partial charge in [0, 0.05) is 30.2 Å². The van der Waals surface area contributed by atoms with Crippen molar-refractivity contribution >= 4 is 10.9 Å².